The number of unbranched alkanes of at least 4 members (excludes halogenated alkanes) is 1. The molecule has 2 rings (SSSR count). The highest BCUT2D eigenvalue weighted by atomic mass is 32.2. The van der Waals surface area contributed by atoms with E-state index in [1.807, 2.05) is 6.92 Å². The highest BCUT2D eigenvalue weighted by molar-refractivity contribution is 7.92. The minimum absolute atomic E-state index is 0.115. The molecule has 0 saturated heterocycles. The van der Waals surface area contributed by atoms with E-state index in [0.717, 1.165) is 31.2 Å². The van der Waals surface area contributed by atoms with Gasteiger partial charge in [0.15, 0.2) is 11.6 Å². The van der Waals surface area contributed by atoms with Crippen molar-refractivity contribution < 1.29 is 26.4 Å². The van der Waals surface area contributed by atoms with Gasteiger partial charge in [0, 0.05) is 18.3 Å². The van der Waals surface area contributed by atoms with Crippen LogP contribution in [0.3, 0.4) is 0 Å². The molecule has 32 heavy (non-hydrogen) atoms. The monoisotopic (exact) mass is 469 g/mol. The molecule has 2 aromatic rings. The highest BCUT2D eigenvalue weighted by Crippen LogP contribution is 2.25. The summed E-state index contributed by atoms with van der Waals surface area (Å²) in [7, 11) is -3.86. The van der Waals surface area contributed by atoms with Gasteiger partial charge < -0.3 is 10.6 Å². The quantitative estimate of drug-likeness (QED) is 0.351. The molecule has 0 saturated carbocycles. The van der Waals surface area contributed by atoms with E-state index < -0.39 is 45.1 Å². The van der Waals surface area contributed by atoms with Crippen molar-refractivity contribution in [1.29, 1.82) is 0 Å². The van der Waals surface area contributed by atoms with Crippen molar-refractivity contribution in [3.63, 3.8) is 0 Å². The Morgan fingerprint density at radius 1 is 1.12 bits per heavy atom. The molecular weight excluding hydrogens is 443 g/mol. The average Bonchev–Trinajstić information content (AvgIpc) is 2.69. The summed E-state index contributed by atoms with van der Waals surface area (Å²) in [5.41, 5.74) is 0.492. The lowest BCUT2D eigenvalue weighted by molar-refractivity contribution is -0.117. The Kier molecular flexibility index (Phi) is 8.71. The van der Waals surface area contributed by atoms with Gasteiger partial charge in [0.1, 0.15) is 11.5 Å². The molecule has 174 valence electrons. The zero-order valence-electron chi connectivity index (χ0n) is 18.0. The first-order valence-corrected chi connectivity index (χ1v) is 11.9. The number of benzene rings is 2. The van der Waals surface area contributed by atoms with E-state index >= 15 is 0 Å². The summed E-state index contributed by atoms with van der Waals surface area (Å²) < 4.78 is 66.2. The van der Waals surface area contributed by atoms with Crippen molar-refractivity contribution in [3.05, 3.63) is 65.0 Å². The normalized spacial score (nSPS) is 12.6. The summed E-state index contributed by atoms with van der Waals surface area (Å²) >= 11 is 0. The number of hydrogen-bond acceptors (Lipinski definition) is 4. The smallest absolute Gasteiger partial charge is 0.244 e. The van der Waals surface area contributed by atoms with Crippen LogP contribution in [0, 0.1) is 17.5 Å². The van der Waals surface area contributed by atoms with Crippen LogP contribution in [0.1, 0.15) is 43.9 Å². The molecule has 0 spiro atoms. The van der Waals surface area contributed by atoms with Gasteiger partial charge in [-0.2, -0.15) is 0 Å². The summed E-state index contributed by atoms with van der Waals surface area (Å²) in [6, 6.07) is 5.28. The zero-order valence-corrected chi connectivity index (χ0v) is 18.8. The van der Waals surface area contributed by atoms with Gasteiger partial charge in [0.05, 0.1) is 12.3 Å². The molecule has 2 aromatic carbocycles. The average molecular weight is 470 g/mol. The first-order valence-electron chi connectivity index (χ1n) is 9.99. The Balaban J connectivity index is 2.11. The first kappa shape index (κ1) is 25.3. The molecule has 0 heterocycles. The Hall–Kier alpha value is -3.01. The second-order valence-corrected chi connectivity index (χ2v) is 9.06. The highest BCUT2D eigenvalue weighted by Gasteiger charge is 2.18. The molecule has 0 radical (unpaired) electrons. The van der Waals surface area contributed by atoms with Crippen LogP contribution in [0.25, 0.3) is 6.08 Å². The van der Waals surface area contributed by atoms with Gasteiger partial charge in [0.25, 0.3) is 0 Å². The first-order chi connectivity index (χ1) is 15.0. The Morgan fingerprint density at radius 3 is 2.38 bits per heavy atom. The molecule has 1 amide bonds. The topological polar surface area (TPSA) is 87.3 Å². The summed E-state index contributed by atoms with van der Waals surface area (Å²) in [6.07, 6.45) is 5.40. The molecule has 1 atom stereocenters. The second-order valence-electron chi connectivity index (χ2n) is 7.31. The molecule has 10 heteroatoms. The van der Waals surface area contributed by atoms with Crippen LogP contribution in [0.4, 0.5) is 24.5 Å². The van der Waals surface area contributed by atoms with E-state index in [-0.39, 0.29) is 5.56 Å². The van der Waals surface area contributed by atoms with Crippen molar-refractivity contribution >= 4 is 33.4 Å². The van der Waals surface area contributed by atoms with Gasteiger partial charge in [-0.25, -0.2) is 21.6 Å². The molecule has 1 unspecified atom stereocenters. The van der Waals surface area contributed by atoms with Gasteiger partial charge in [-0.15, -0.1) is 0 Å². The minimum Gasteiger partial charge on any atom is -0.384 e. The molecule has 0 aromatic heterocycles. The van der Waals surface area contributed by atoms with Gasteiger partial charge in [-0.1, -0.05) is 13.3 Å². The van der Waals surface area contributed by atoms with Crippen molar-refractivity contribution in [2.45, 2.75) is 32.7 Å². The lowest BCUT2D eigenvalue weighted by Crippen LogP contribution is -2.25. The molecule has 3 N–H and O–H groups in total. The van der Waals surface area contributed by atoms with E-state index in [0.29, 0.717) is 17.8 Å². The van der Waals surface area contributed by atoms with Gasteiger partial charge in [-0.3, -0.25) is 9.52 Å². The van der Waals surface area contributed by atoms with Crippen LogP contribution in [-0.4, -0.2) is 27.1 Å². The predicted octanol–water partition coefficient (Wildman–Crippen LogP) is 4.58. The van der Waals surface area contributed by atoms with Gasteiger partial charge in [-0.05, 0) is 60.9 Å². The van der Waals surface area contributed by atoms with Crippen molar-refractivity contribution in [2.75, 3.05) is 22.8 Å². The maximum absolute atomic E-state index is 14.2. The molecule has 0 aliphatic rings. The Labute approximate surface area is 186 Å². The van der Waals surface area contributed by atoms with E-state index in [9.17, 15) is 26.4 Å². The summed E-state index contributed by atoms with van der Waals surface area (Å²) in [4.78, 5) is 12.3. The number of halogens is 3. The van der Waals surface area contributed by atoms with E-state index in [4.69, 9.17) is 0 Å². The number of anilines is 2. The largest absolute Gasteiger partial charge is 0.384 e. The van der Waals surface area contributed by atoms with E-state index in [1.54, 1.807) is 4.72 Å². The maximum atomic E-state index is 14.2. The fourth-order valence-corrected chi connectivity index (χ4v) is 3.43. The number of hydrogen-bond donors (Lipinski definition) is 3. The number of carbonyl (C=O) groups excluding carboxylic acids is 1. The van der Waals surface area contributed by atoms with Crippen molar-refractivity contribution in [2.24, 2.45) is 0 Å². The Bertz CT molecular complexity index is 1080. The van der Waals surface area contributed by atoms with Crippen LogP contribution >= 0.6 is 0 Å². The van der Waals surface area contributed by atoms with Crippen LogP contribution in [0.15, 0.2) is 36.4 Å². The molecule has 0 aliphatic carbocycles. The third-order valence-electron chi connectivity index (χ3n) is 4.49. The molecular formula is C22H26F3N3O3S. The molecule has 0 fully saturated rings. The van der Waals surface area contributed by atoms with Crippen molar-refractivity contribution in [3.8, 4) is 0 Å². The minimum atomic E-state index is -3.86. The summed E-state index contributed by atoms with van der Waals surface area (Å²) in [6.45, 7) is 4.22. The third-order valence-corrected chi connectivity index (χ3v) is 5.06. The SMILES string of the molecule is CCCCNc1cc(F)ccc1/C=C/C(=O)NC(C)c1cc(F)c(NS(C)(=O)=O)c(F)c1. The van der Waals surface area contributed by atoms with E-state index in [1.165, 1.54) is 37.3 Å². The third kappa shape index (κ3) is 7.60. The van der Waals surface area contributed by atoms with E-state index in [2.05, 4.69) is 10.6 Å². The van der Waals surface area contributed by atoms with Crippen LogP contribution < -0.4 is 15.4 Å². The standard InChI is InChI=1S/C22H26F3N3O3S/c1-4-5-10-26-20-13-17(23)8-6-15(20)7-9-21(29)27-14(2)16-11-18(24)22(19(25)12-16)28-32(3,30)31/h6-9,11-14,26,28H,4-5,10H2,1-3H3,(H,27,29)/b9-7+. The maximum Gasteiger partial charge on any atom is 0.244 e. The summed E-state index contributed by atoms with van der Waals surface area (Å²) in [5.74, 6) is -3.13. The number of sulfonamides is 1. The lowest BCUT2D eigenvalue weighted by Gasteiger charge is -2.15. The number of amides is 1. The van der Waals surface area contributed by atoms with Crippen LogP contribution in [0.2, 0.25) is 0 Å². The molecule has 0 aliphatic heterocycles. The number of carbonyl (C=O) groups is 1. The second kappa shape index (κ2) is 11.0. The Morgan fingerprint density at radius 2 is 1.78 bits per heavy atom. The van der Waals surface area contributed by atoms with Crippen LogP contribution in [-0.2, 0) is 14.8 Å². The van der Waals surface area contributed by atoms with Gasteiger partial charge in [0.2, 0.25) is 15.9 Å². The van der Waals surface area contributed by atoms with Crippen LogP contribution in [0.5, 0.6) is 0 Å². The fraction of sp³-hybridized carbons (Fsp3) is 0.318. The predicted molar refractivity (Wildman–Crippen MR) is 120 cm³/mol. The molecule has 0 bridgehead atoms. The van der Waals surface area contributed by atoms with Crippen molar-refractivity contribution in [1.82, 2.24) is 5.32 Å². The summed E-state index contributed by atoms with van der Waals surface area (Å²) in [5, 5.41) is 5.70. The fourth-order valence-electron chi connectivity index (χ4n) is 2.86. The lowest BCUT2D eigenvalue weighted by atomic mass is 10.1. The molecule has 6 nitrogen and oxygen atoms in total. The zero-order chi connectivity index (χ0) is 23.9. The van der Waals surface area contributed by atoms with Gasteiger partial charge >= 0.3 is 0 Å². The number of rotatable bonds is 10. The number of nitrogens with one attached hydrogen (secondary N) is 3.